The fourth-order valence-electron chi connectivity index (χ4n) is 4.37. The van der Waals surface area contributed by atoms with Crippen LogP contribution in [-0.4, -0.2) is 49.4 Å². The van der Waals surface area contributed by atoms with Gasteiger partial charge in [0.1, 0.15) is 11.3 Å². The van der Waals surface area contributed by atoms with Crippen LogP contribution >= 0.6 is 0 Å². The molecule has 0 bridgehead atoms. The quantitative estimate of drug-likeness (QED) is 0.459. The first-order chi connectivity index (χ1) is 15.1. The molecule has 0 saturated heterocycles. The number of aromatic amines is 1. The van der Waals surface area contributed by atoms with Gasteiger partial charge >= 0.3 is 0 Å². The minimum absolute atomic E-state index is 0.0321. The Morgan fingerprint density at radius 2 is 2.00 bits per heavy atom. The summed E-state index contributed by atoms with van der Waals surface area (Å²) >= 11 is 0. The van der Waals surface area contributed by atoms with Crippen LogP contribution in [0.25, 0.3) is 27.8 Å². The maximum absolute atomic E-state index is 11.3. The second kappa shape index (κ2) is 7.90. The zero-order valence-corrected chi connectivity index (χ0v) is 17.6. The molecule has 1 fully saturated rings. The molecule has 3 N–H and O–H groups in total. The van der Waals surface area contributed by atoms with Crippen molar-refractivity contribution in [3.63, 3.8) is 0 Å². The first kappa shape index (κ1) is 19.3. The van der Waals surface area contributed by atoms with Gasteiger partial charge in [0.2, 0.25) is 17.7 Å². The number of hydrogen-bond acceptors (Lipinski definition) is 6. The van der Waals surface area contributed by atoms with E-state index in [-0.39, 0.29) is 18.0 Å². The normalized spacial score (nSPS) is 18.9. The number of anilines is 1. The molecule has 0 atom stereocenters. The van der Waals surface area contributed by atoms with Gasteiger partial charge in [-0.05, 0) is 37.8 Å². The second-order valence-electron chi connectivity index (χ2n) is 7.99. The molecule has 0 aliphatic heterocycles. The lowest BCUT2D eigenvalue weighted by atomic mass is 9.91. The van der Waals surface area contributed by atoms with Crippen LogP contribution in [0.2, 0.25) is 0 Å². The Balaban J connectivity index is 1.40. The van der Waals surface area contributed by atoms with Crippen LogP contribution in [-0.2, 0) is 4.79 Å². The number of fused-ring (bicyclic) bond motifs is 2. The molecular formula is C22H25N7O2. The monoisotopic (exact) mass is 419 g/mol. The number of methoxy groups -OCH3 is 1. The minimum atomic E-state index is 0.0321. The highest BCUT2D eigenvalue weighted by atomic mass is 16.5. The van der Waals surface area contributed by atoms with Crippen molar-refractivity contribution in [2.24, 2.45) is 0 Å². The van der Waals surface area contributed by atoms with Gasteiger partial charge in [-0.15, -0.1) is 0 Å². The first-order valence-electron chi connectivity index (χ1n) is 10.5. The Labute approximate surface area is 179 Å². The van der Waals surface area contributed by atoms with Crippen LogP contribution in [0.15, 0.2) is 36.9 Å². The molecule has 9 nitrogen and oxygen atoms in total. The Kier molecular flexibility index (Phi) is 4.93. The van der Waals surface area contributed by atoms with Gasteiger partial charge < -0.3 is 24.8 Å². The topological polar surface area (TPSA) is 109 Å². The largest absolute Gasteiger partial charge is 0.480 e. The van der Waals surface area contributed by atoms with E-state index in [0.29, 0.717) is 11.8 Å². The molecule has 4 aromatic heterocycles. The average molecular weight is 419 g/mol. The Bertz CT molecular complexity index is 1240. The van der Waals surface area contributed by atoms with Crippen molar-refractivity contribution < 1.29 is 9.53 Å². The van der Waals surface area contributed by atoms with Crippen molar-refractivity contribution in [2.45, 2.75) is 44.7 Å². The summed E-state index contributed by atoms with van der Waals surface area (Å²) in [5.74, 6) is 1.11. The average Bonchev–Trinajstić information content (AvgIpc) is 3.40. The number of rotatable bonds is 5. The van der Waals surface area contributed by atoms with Crippen LogP contribution < -0.4 is 15.4 Å². The third kappa shape index (κ3) is 3.78. The van der Waals surface area contributed by atoms with Crippen molar-refractivity contribution >= 4 is 28.5 Å². The number of carbonyl (C=O) groups is 1. The van der Waals surface area contributed by atoms with Crippen LogP contribution in [0.4, 0.5) is 5.95 Å². The number of carbonyl (C=O) groups excluding carboxylic acids is 1. The highest BCUT2D eigenvalue weighted by Crippen LogP contribution is 2.34. The molecule has 31 heavy (non-hydrogen) atoms. The zero-order valence-electron chi connectivity index (χ0n) is 17.6. The van der Waals surface area contributed by atoms with Crippen molar-refractivity contribution in [3.8, 4) is 17.0 Å². The summed E-state index contributed by atoms with van der Waals surface area (Å²) < 4.78 is 7.61. The zero-order chi connectivity index (χ0) is 21.4. The van der Waals surface area contributed by atoms with Crippen LogP contribution in [0, 0.1) is 0 Å². The van der Waals surface area contributed by atoms with E-state index in [4.69, 9.17) is 9.72 Å². The Hall–Kier alpha value is -3.62. The lowest BCUT2D eigenvalue weighted by molar-refractivity contribution is -0.119. The number of imidazole rings is 1. The Morgan fingerprint density at radius 1 is 1.19 bits per heavy atom. The lowest BCUT2D eigenvalue weighted by Crippen LogP contribution is -2.39. The number of hydrogen-bond donors (Lipinski definition) is 3. The van der Waals surface area contributed by atoms with Crippen molar-refractivity contribution in [1.82, 2.24) is 29.7 Å². The number of aromatic nitrogens is 5. The third-order valence-electron chi connectivity index (χ3n) is 5.86. The summed E-state index contributed by atoms with van der Waals surface area (Å²) in [4.78, 5) is 28.2. The molecule has 4 heterocycles. The van der Waals surface area contributed by atoms with Crippen LogP contribution in [0.3, 0.4) is 0 Å². The van der Waals surface area contributed by atoms with Crippen LogP contribution in [0.5, 0.6) is 5.88 Å². The number of nitrogens with zero attached hydrogens (tertiary/aromatic N) is 4. The molecule has 0 spiro atoms. The van der Waals surface area contributed by atoms with E-state index in [2.05, 4.69) is 25.6 Å². The molecule has 5 rings (SSSR count). The SMILES string of the molecule is COc1nc(NC2CCC(NC(C)=O)CC2)nc2[nH]cc(-c3ccc4nccn4c3)c12. The smallest absolute Gasteiger partial charge is 0.228 e. The van der Waals surface area contributed by atoms with E-state index in [9.17, 15) is 4.79 Å². The van der Waals surface area contributed by atoms with Gasteiger partial charge in [0.25, 0.3) is 0 Å². The number of H-pyrrole nitrogens is 1. The lowest BCUT2D eigenvalue weighted by Gasteiger charge is -2.29. The molecule has 1 aliphatic rings. The molecule has 160 valence electrons. The molecule has 0 aromatic carbocycles. The highest BCUT2D eigenvalue weighted by Gasteiger charge is 2.23. The minimum Gasteiger partial charge on any atom is -0.480 e. The number of pyridine rings is 1. The number of ether oxygens (including phenoxy) is 1. The van der Waals surface area contributed by atoms with E-state index >= 15 is 0 Å². The van der Waals surface area contributed by atoms with Gasteiger partial charge in [-0.2, -0.15) is 9.97 Å². The van der Waals surface area contributed by atoms with E-state index < -0.39 is 0 Å². The third-order valence-corrected chi connectivity index (χ3v) is 5.86. The maximum Gasteiger partial charge on any atom is 0.228 e. The molecule has 0 radical (unpaired) electrons. The summed E-state index contributed by atoms with van der Waals surface area (Å²) in [5, 5.41) is 7.30. The van der Waals surface area contributed by atoms with Crippen molar-refractivity contribution in [1.29, 1.82) is 0 Å². The highest BCUT2D eigenvalue weighted by molar-refractivity contribution is 5.97. The Morgan fingerprint density at radius 3 is 2.77 bits per heavy atom. The van der Waals surface area contributed by atoms with E-state index in [1.165, 1.54) is 0 Å². The van der Waals surface area contributed by atoms with Gasteiger partial charge in [0.15, 0.2) is 0 Å². The molecule has 4 aromatic rings. The first-order valence-corrected chi connectivity index (χ1v) is 10.5. The van der Waals surface area contributed by atoms with Gasteiger partial charge in [0.05, 0.1) is 12.5 Å². The molecule has 0 unspecified atom stereocenters. The molecule has 1 saturated carbocycles. The maximum atomic E-state index is 11.3. The van der Waals surface area contributed by atoms with Gasteiger partial charge in [-0.1, -0.05) is 0 Å². The van der Waals surface area contributed by atoms with Crippen molar-refractivity contribution in [3.05, 3.63) is 36.9 Å². The van der Waals surface area contributed by atoms with Gasteiger partial charge in [-0.3, -0.25) is 4.79 Å². The van der Waals surface area contributed by atoms with Gasteiger partial charge in [-0.25, -0.2) is 4.98 Å². The van der Waals surface area contributed by atoms with E-state index in [1.54, 1.807) is 20.2 Å². The fraction of sp³-hybridized carbons (Fsp3) is 0.364. The summed E-state index contributed by atoms with van der Waals surface area (Å²) in [7, 11) is 1.63. The fourth-order valence-corrected chi connectivity index (χ4v) is 4.37. The second-order valence-corrected chi connectivity index (χ2v) is 7.99. The summed E-state index contributed by atoms with van der Waals surface area (Å²) in [6.07, 6.45) is 11.5. The number of amides is 1. The molecular weight excluding hydrogens is 394 g/mol. The summed E-state index contributed by atoms with van der Waals surface area (Å²) in [6.45, 7) is 1.57. The predicted molar refractivity (Wildman–Crippen MR) is 118 cm³/mol. The van der Waals surface area contributed by atoms with E-state index in [0.717, 1.165) is 53.5 Å². The van der Waals surface area contributed by atoms with Gasteiger partial charge in [0, 0.05) is 54.9 Å². The molecule has 1 amide bonds. The number of nitrogens with one attached hydrogen (secondary N) is 3. The standard InChI is InChI=1S/C22H25N7O2/c1-13(30)25-15-4-6-16(7-5-15)26-22-27-20-19(21(28-22)31-2)17(11-24-20)14-3-8-18-23-9-10-29(18)12-14/h3,8-12,15-16H,4-7H2,1-2H3,(H,25,30)(H2,24,26,27,28). The molecule has 1 aliphatic carbocycles. The van der Waals surface area contributed by atoms with E-state index in [1.807, 2.05) is 35.1 Å². The van der Waals surface area contributed by atoms with Crippen molar-refractivity contribution in [2.75, 3.05) is 12.4 Å². The molecule has 9 heteroatoms. The predicted octanol–water partition coefficient (Wildman–Crippen LogP) is 3.14. The van der Waals surface area contributed by atoms with Crippen LogP contribution in [0.1, 0.15) is 32.6 Å². The summed E-state index contributed by atoms with van der Waals surface area (Å²) in [5.41, 5.74) is 3.62. The summed E-state index contributed by atoms with van der Waals surface area (Å²) in [6, 6.07) is 4.54.